The Balaban J connectivity index is 2.74. The van der Waals surface area contributed by atoms with Crippen molar-refractivity contribution in [2.75, 3.05) is 7.11 Å². The monoisotopic (exact) mass is 287 g/mol. The number of aliphatic hydroxyl groups excluding tert-OH is 1. The van der Waals surface area contributed by atoms with Crippen molar-refractivity contribution in [1.82, 2.24) is 5.32 Å². The summed E-state index contributed by atoms with van der Waals surface area (Å²) >= 11 is 0. The van der Waals surface area contributed by atoms with Crippen LogP contribution in [0.25, 0.3) is 0 Å². The first-order valence-corrected chi connectivity index (χ1v) is 6.73. The van der Waals surface area contributed by atoms with Crippen molar-refractivity contribution < 1.29 is 24.2 Å². The molecule has 0 spiro atoms. The van der Waals surface area contributed by atoms with Gasteiger partial charge in [-0.05, 0) is 38.5 Å². The standard InChI is InChI=1S/C14H25NO5/c1-13(2,3)20-12(18)15-9(8-7-14(8,4)5)10(16)11(17)19-6/h8-10,16H,7H2,1-6H3,(H,15,18)/t8-,9-,10+/m0/s1. The van der Waals surface area contributed by atoms with Crippen LogP contribution in [0, 0.1) is 11.3 Å². The Hall–Kier alpha value is -1.30. The lowest BCUT2D eigenvalue weighted by molar-refractivity contribution is -0.152. The molecule has 6 heteroatoms. The van der Waals surface area contributed by atoms with Crippen molar-refractivity contribution >= 4 is 12.1 Å². The van der Waals surface area contributed by atoms with Crippen molar-refractivity contribution in [2.24, 2.45) is 11.3 Å². The fourth-order valence-electron chi connectivity index (χ4n) is 2.23. The van der Waals surface area contributed by atoms with Crippen LogP contribution in [0.4, 0.5) is 4.79 Å². The van der Waals surface area contributed by atoms with Gasteiger partial charge in [0, 0.05) is 0 Å². The number of carbonyl (C=O) groups is 2. The molecule has 0 unspecified atom stereocenters. The summed E-state index contributed by atoms with van der Waals surface area (Å²) in [5.41, 5.74) is -0.654. The van der Waals surface area contributed by atoms with E-state index in [0.717, 1.165) is 6.42 Å². The molecule has 2 N–H and O–H groups in total. The molecule has 1 fully saturated rings. The molecule has 116 valence electrons. The normalized spacial score (nSPS) is 23.4. The van der Waals surface area contributed by atoms with E-state index < -0.39 is 29.8 Å². The van der Waals surface area contributed by atoms with Crippen molar-refractivity contribution in [3.8, 4) is 0 Å². The zero-order valence-electron chi connectivity index (χ0n) is 13.0. The molecule has 0 heterocycles. The van der Waals surface area contributed by atoms with E-state index in [4.69, 9.17) is 4.74 Å². The van der Waals surface area contributed by atoms with Crippen LogP contribution in [0.15, 0.2) is 0 Å². The fraction of sp³-hybridized carbons (Fsp3) is 0.857. The molecule has 6 nitrogen and oxygen atoms in total. The summed E-state index contributed by atoms with van der Waals surface area (Å²) in [4.78, 5) is 23.3. The van der Waals surface area contributed by atoms with Crippen LogP contribution in [0.2, 0.25) is 0 Å². The van der Waals surface area contributed by atoms with Crippen LogP contribution < -0.4 is 5.32 Å². The molecule has 0 aromatic carbocycles. The van der Waals surface area contributed by atoms with Gasteiger partial charge in [-0.2, -0.15) is 0 Å². The zero-order valence-corrected chi connectivity index (χ0v) is 13.0. The number of carbonyl (C=O) groups excluding carboxylic acids is 2. The highest BCUT2D eigenvalue weighted by Gasteiger charge is 2.54. The summed E-state index contributed by atoms with van der Waals surface area (Å²) in [5.74, 6) is -0.738. The third-order valence-corrected chi connectivity index (χ3v) is 3.49. The number of nitrogens with one attached hydrogen (secondary N) is 1. The molecule has 0 aromatic rings. The molecule has 1 amide bonds. The molecule has 0 bridgehead atoms. The number of hydrogen-bond acceptors (Lipinski definition) is 5. The SMILES string of the molecule is COC(=O)[C@H](O)[C@@H](NC(=O)OC(C)(C)C)[C@@H]1CC1(C)C. The van der Waals surface area contributed by atoms with Gasteiger partial charge >= 0.3 is 12.1 Å². The van der Waals surface area contributed by atoms with Crippen molar-refractivity contribution in [1.29, 1.82) is 0 Å². The highest BCUT2D eigenvalue weighted by Crippen LogP contribution is 2.54. The summed E-state index contributed by atoms with van der Waals surface area (Å²) in [5, 5.41) is 12.6. The lowest BCUT2D eigenvalue weighted by atomic mass is 9.99. The zero-order chi connectivity index (χ0) is 15.7. The summed E-state index contributed by atoms with van der Waals surface area (Å²) in [7, 11) is 1.20. The van der Waals surface area contributed by atoms with Crippen LogP contribution in [-0.4, -0.2) is 42.0 Å². The van der Waals surface area contributed by atoms with Crippen LogP contribution in [0.3, 0.4) is 0 Å². The molecule has 0 aliphatic heterocycles. The first-order valence-electron chi connectivity index (χ1n) is 6.73. The second-order valence-corrected chi connectivity index (χ2v) is 6.94. The van der Waals surface area contributed by atoms with Gasteiger partial charge in [0.15, 0.2) is 6.10 Å². The van der Waals surface area contributed by atoms with Crippen molar-refractivity contribution in [2.45, 2.75) is 58.8 Å². The average Bonchev–Trinajstić information content (AvgIpc) is 2.90. The van der Waals surface area contributed by atoms with Gasteiger partial charge < -0.3 is 19.9 Å². The molecular weight excluding hydrogens is 262 g/mol. The lowest BCUT2D eigenvalue weighted by Crippen LogP contribution is -2.50. The molecule has 0 radical (unpaired) electrons. The largest absolute Gasteiger partial charge is 0.467 e. The smallest absolute Gasteiger partial charge is 0.407 e. The predicted molar refractivity (Wildman–Crippen MR) is 73.1 cm³/mol. The summed E-state index contributed by atoms with van der Waals surface area (Å²) in [6, 6.07) is -0.702. The lowest BCUT2D eigenvalue weighted by Gasteiger charge is -2.26. The van der Waals surface area contributed by atoms with Gasteiger partial charge in [0.2, 0.25) is 0 Å². The van der Waals surface area contributed by atoms with Gasteiger partial charge in [0.25, 0.3) is 0 Å². The highest BCUT2D eigenvalue weighted by molar-refractivity contribution is 5.77. The van der Waals surface area contributed by atoms with Crippen molar-refractivity contribution in [3.63, 3.8) is 0 Å². The molecule has 1 aliphatic rings. The van der Waals surface area contributed by atoms with Gasteiger partial charge in [-0.15, -0.1) is 0 Å². The van der Waals surface area contributed by atoms with E-state index in [1.54, 1.807) is 20.8 Å². The third kappa shape index (κ3) is 4.37. The van der Waals surface area contributed by atoms with Crippen LogP contribution in [0.5, 0.6) is 0 Å². The number of aliphatic hydroxyl groups is 1. The number of esters is 1. The number of methoxy groups -OCH3 is 1. The van der Waals surface area contributed by atoms with Gasteiger partial charge in [0.05, 0.1) is 13.2 Å². The molecule has 3 atom stereocenters. The van der Waals surface area contributed by atoms with E-state index in [1.165, 1.54) is 7.11 Å². The van der Waals surface area contributed by atoms with E-state index in [9.17, 15) is 14.7 Å². The summed E-state index contributed by atoms with van der Waals surface area (Å²) in [6.45, 7) is 9.29. The van der Waals surface area contributed by atoms with Crippen LogP contribution in [0.1, 0.15) is 41.0 Å². The van der Waals surface area contributed by atoms with Gasteiger partial charge in [-0.3, -0.25) is 0 Å². The fourth-order valence-corrected chi connectivity index (χ4v) is 2.23. The van der Waals surface area contributed by atoms with Crippen molar-refractivity contribution in [3.05, 3.63) is 0 Å². The Bertz CT molecular complexity index is 386. The Morgan fingerprint density at radius 1 is 1.35 bits per heavy atom. The van der Waals surface area contributed by atoms with E-state index in [2.05, 4.69) is 10.1 Å². The van der Waals surface area contributed by atoms with Crippen LogP contribution in [-0.2, 0) is 14.3 Å². The molecule has 0 saturated heterocycles. The van der Waals surface area contributed by atoms with E-state index >= 15 is 0 Å². The maximum atomic E-state index is 11.8. The molecule has 1 saturated carbocycles. The van der Waals surface area contributed by atoms with Gasteiger partial charge in [-0.1, -0.05) is 13.8 Å². The number of hydrogen-bond donors (Lipinski definition) is 2. The second-order valence-electron chi connectivity index (χ2n) is 6.94. The van der Waals surface area contributed by atoms with E-state index in [0.29, 0.717) is 0 Å². The Kier molecular flexibility index (Phi) is 4.69. The second kappa shape index (κ2) is 5.60. The maximum absolute atomic E-state index is 11.8. The Labute approximate surface area is 119 Å². The highest BCUT2D eigenvalue weighted by atomic mass is 16.6. The maximum Gasteiger partial charge on any atom is 0.407 e. The quantitative estimate of drug-likeness (QED) is 0.765. The van der Waals surface area contributed by atoms with Crippen LogP contribution >= 0.6 is 0 Å². The molecule has 1 rings (SSSR count). The Morgan fingerprint density at radius 3 is 2.20 bits per heavy atom. The predicted octanol–water partition coefficient (Wildman–Crippen LogP) is 1.46. The van der Waals surface area contributed by atoms with Gasteiger partial charge in [-0.25, -0.2) is 9.59 Å². The molecule has 1 aliphatic carbocycles. The minimum absolute atomic E-state index is 0.0177. The first kappa shape index (κ1) is 16.8. The Morgan fingerprint density at radius 2 is 1.85 bits per heavy atom. The molecular formula is C14H25NO5. The molecule has 20 heavy (non-hydrogen) atoms. The number of ether oxygens (including phenoxy) is 2. The number of rotatable bonds is 4. The topological polar surface area (TPSA) is 84.9 Å². The molecule has 0 aromatic heterocycles. The first-order chi connectivity index (χ1) is 8.98. The average molecular weight is 287 g/mol. The summed E-state index contributed by atoms with van der Waals surface area (Å²) in [6.07, 6.45) is -1.21. The summed E-state index contributed by atoms with van der Waals surface area (Å²) < 4.78 is 9.71. The van der Waals surface area contributed by atoms with E-state index in [1.807, 2.05) is 13.8 Å². The minimum Gasteiger partial charge on any atom is -0.467 e. The van der Waals surface area contributed by atoms with Gasteiger partial charge in [0.1, 0.15) is 5.60 Å². The van der Waals surface area contributed by atoms with E-state index in [-0.39, 0.29) is 11.3 Å². The number of amides is 1. The minimum atomic E-state index is -1.39. The number of alkyl carbamates (subject to hydrolysis) is 1. The third-order valence-electron chi connectivity index (χ3n) is 3.49.